The van der Waals surface area contributed by atoms with Gasteiger partial charge in [0.15, 0.2) is 0 Å². The van der Waals surface area contributed by atoms with Crippen LogP contribution < -0.4 is 0 Å². The zero-order valence-electron chi connectivity index (χ0n) is 11.4. The Kier molecular flexibility index (Phi) is 4.73. The molecule has 94 valence electrons. The summed E-state index contributed by atoms with van der Waals surface area (Å²) in [5, 5.41) is 0. The topological polar surface area (TPSA) is 0 Å². The molecule has 2 aliphatic rings. The molecule has 0 aromatic rings. The molecule has 0 amide bonds. The highest BCUT2D eigenvalue weighted by Crippen LogP contribution is 2.41. The van der Waals surface area contributed by atoms with Crippen molar-refractivity contribution in [3.63, 3.8) is 0 Å². The molecule has 0 radical (unpaired) electrons. The van der Waals surface area contributed by atoms with Crippen LogP contribution in [-0.4, -0.2) is 0 Å². The first-order valence-corrected chi connectivity index (χ1v) is 7.79. The van der Waals surface area contributed by atoms with E-state index in [0.29, 0.717) is 0 Å². The summed E-state index contributed by atoms with van der Waals surface area (Å²) in [7, 11) is 0. The lowest BCUT2D eigenvalue weighted by atomic mass is 9.69. The van der Waals surface area contributed by atoms with E-state index in [1.54, 1.807) is 38.5 Å². The van der Waals surface area contributed by atoms with Gasteiger partial charge in [-0.15, -0.1) is 0 Å². The number of hydrogen-bond acceptors (Lipinski definition) is 0. The Morgan fingerprint density at radius 1 is 0.750 bits per heavy atom. The minimum atomic E-state index is 1.02. The van der Waals surface area contributed by atoms with E-state index in [0.717, 1.165) is 23.7 Å². The molecule has 0 heteroatoms. The lowest BCUT2D eigenvalue weighted by molar-refractivity contribution is 0.147. The van der Waals surface area contributed by atoms with E-state index >= 15 is 0 Å². The molecular weight excluding hydrogens is 192 g/mol. The van der Waals surface area contributed by atoms with Gasteiger partial charge >= 0.3 is 0 Å². The fourth-order valence-electron chi connectivity index (χ4n) is 4.11. The molecule has 2 rings (SSSR count). The summed E-state index contributed by atoms with van der Waals surface area (Å²) >= 11 is 0. The predicted molar refractivity (Wildman–Crippen MR) is 71.5 cm³/mol. The van der Waals surface area contributed by atoms with Gasteiger partial charge in [-0.3, -0.25) is 0 Å². The molecule has 0 nitrogen and oxygen atoms in total. The summed E-state index contributed by atoms with van der Waals surface area (Å²) in [5.41, 5.74) is 0. The Bertz CT molecular complexity index is 180. The van der Waals surface area contributed by atoms with Crippen molar-refractivity contribution in [1.82, 2.24) is 0 Å². The van der Waals surface area contributed by atoms with Crippen molar-refractivity contribution in [2.45, 2.75) is 78.1 Å². The molecule has 0 atom stereocenters. The van der Waals surface area contributed by atoms with Crippen molar-refractivity contribution in [3.05, 3.63) is 0 Å². The molecule has 0 aliphatic heterocycles. The molecule has 0 aromatic carbocycles. The van der Waals surface area contributed by atoms with E-state index in [9.17, 15) is 0 Å². The van der Waals surface area contributed by atoms with E-state index < -0.39 is 0 Å². The fourth-order valence-corrected chi connectivity index (χ4v) is 4.11. The second kappa shape index (κ2) is 6.07. The van der Waals surface area contributed by atoms with Crippen LogP contribution in [0.1, 0.15) is 78.1 Å². The van der Waals surface area contributed by atoms with Gasteiger partial charge in [0.1, 0.15) is 0 Å². The van der Waals surface area contributed by atoms with Gasteiger partial charge in [0.05, 0.1) is 0 Å². The average molecular weight is 222 g/mol. The second-order valence-corrected chi connectivity index (χ2v) is 6.59. The highest BCUT2D eigenvalue weighted by molar-refractivity contribution is 4.81. The van der Waals surface area contributed by atoms with Gasteiger partial charge in [-0.1, -0.05) is 52.4 Å². The quantitative estimate of drug-likeness (QED) is 0.598. The molecule has 16 heavy (non-hydrogen) atoms. The molecule has 0 heterocycles. The minimum absolute atomic E-state index is 1.02. The Labute approximate surface area is 102 Å². The van der Waals surface area contributed by atoms with Crippen LogP contribution >= 0.6 is 0 Å². The van der Waals surface area contributed by atoms with Crippen molar-refractivity contribution in [1.29, 1.82) is 0 Å². The zero-order valence-corrected chi connectivity index (χ0v) is 11.4. The van der Waals surface area contributed by atoms with E-state index in [2.05, 4.69) is 13.8 Å². The third-order valence-corrected chi connectivity index (χ3v) is 5.32. The summed E-state index contributed by atoms with van der Waals surface area (Å²) in [4.78, 5) is 0. The van der Waals surface area contributed by atoms with Crippen LogP contribution in [0.15, 0.2) is 0 Å². The molecular formula is C16H30. The van der Waals surface area contributed by atoms with Gasteiger partial charge in [0.2, 0.25) is 0 Å². The maximum Gasteiger partial charge on any atom is -0.0386 e. The normalized spacial score (nSPS) is 40.9. The molecule has 0 bridgehead atoms. The average Bonchev–Trinajstić information content (AvgIpc) is 2.32. The van der Waals surface area contributed by atoms with Crippen LogP contribution in [0.2, 0.25) is 0 Å². The molecule has 0 N–H and O–H groups in total. The van der Waals surface area contributed by atoms with Crippen molar-refractivity contribution in [2.75, 3.05) is 0 Å². The van der Waals surface area contributed by atoms with Gasteiger partial charge in [-0.05, 0) is 49.4 Å². The summed E-state index contributed by atoms with van der Waals surface area (Å²) in [6, 6.07) is 0. The third kappa shape index (κ3) is 3.25. The molecule has 2 saturated carbocycles. The van der Waals surface area contributed by atoms with Crippen molar-refractivity contribution >= 4 is 0 Å². The standard InChI is InChI=1S/C16H30/c1-3-4-14-7-11-16(12-8-14)15-9-5-13(2)6-10-15/h13-16H,3-12H2,1-2H3/t13-,14?,15-,16?. The van der Waals surface area contributed by atoms with Gasteiger partial charge in [0, 0.05) is 0 Å². The zero-order chi connectivity index (χ0) is 11.4. The van der Waals surface area contributed by atoms with Gasteiger partial charge < -0.3 is 0 Å². The highest BCUT2D eigenvalue weighted by Gasteiger charge is 2.29. The fraction of sp³-hybridized carbons (Fsp3) is 1.00. The summed E-state index contributed by atoms with van der Waals surface area (Å²) < 4.78 is 0. The molecule has 0 saturated heterocycles. The van der Waals surface area contributed by atoms with E-state index in [4.69, 9.17) is 0 Å². The number of rotatable bonds is 3. The molecule has 2 fully saturated rings. The summed E-state index contributed by atoms with van der Waals surface area (Å²) in [6.07, 6.45) is 15.2. The SMILES string of the molecule is CCCC1CCC([C@H]2CC[C@H](C)CC2)CC1. The van der Waals surface area contributed by atoms with Crippen LogP contribution in [0.3, 0.4) is 0 Å². The maximum absolute atomic E-state index is 2.44. The largest absolute Gasteiger partial charge is 0.0654 e. The molecule has 0 unspecified atom stereocenters. The van der Waals surface area contributed by atoms with Crippen molar-refractivity contribution in [3.8, 4) is 0 Å². The van der Waals surface area contributed by atoms with Crippen molar-refractivity contribution in [2.24, 2.45) is 23.7 Å². The number of hydrogen-bond donors (Lipinski definition) is 0. The molecule has 2 aliphatic carbocycles. The molecule has 0 spiro atoms. The van der Waals surface area contributed by atoms with Gasteiger partial charge in [-0.2, -0.15) is 0 Å². The summed E-state index contributed by atoms with van der Waals surface area (Å²) in [6.45, 7) is 4.78. The minimum Gasteiger partial charge on any atom is -0.0654 e. The highest BCUT2D eigenvalue weighted by atomic mass is 14.3. The monoisotopic (exact) mass is 222 g/mol. The van der Waals surface area contributed by atoms with Gasteiger partial charge in [0.25, 0.3) is 0 Å². The lowest BCUT2D eigenvalue weighted by Crippen LogP contribution is -2.25. The first-order chi connectivity index (χ1) is 7.79. The van der Waals surface area contributed by atoms with Crippen LogP contribution in [0, 0.1) is 23.7 Å². The van der Waals surface area contributed by atoms with Crippen molar-refractivity contribution < 1.29 is 0 Å². The second-order valence-electron chi connectivity index (χ2n) is 6.59. The van der Waals surface area contributed by atoms with Crippen LogP contribution in [-0.2, 0) is 0 Å². The van der Waals surface area contributed by atoms with Crippen LogP contribution in [0.25, 0.3) is 0 Å². The van der Waals surface area contributed by atoms with Crippen LogP contribution in [0.4, 0.5) is 0 Å². The Balaban J connectivity index is 1.72. The summed E-state index contributed by atoms with van der Waals surface area (Å²) in [5.74, 6) is 4.33. The Morgan fingerprint density at radius 2 is 1.25 bits per heavy atom. The maximum atomic E-state index is 2.44. The van der Waals surface area contributed by atoms with E-state index in [-0.39, 0.29) is 0 Å². The van der Waals surface area contributed by atoms with Crippen LogP contribution in [0.5, 0.6) is 0 Å². The smallest absolute Gasteiger partial charge is 0.0386 e. The third-order valence-electron chi connectivity index (χ3n) is 5.32. The first-order valence-electron chi connectivity index (χ1n) is 7.79. The Hall–Kier alpha value is 0. The molecule has 0 aromatic heterocycles. The lowest BCUT2D eigenvalue weighted by Gasteiger charge is -2.37. The van der Waals surface area contributed by atoms with Gasteiger partial charge in [-0.25, -0.2) is 0 Å². The predicted octanol–water partition coefficient (Wildman–Crippen LogP) is 5.42. The van der Waals surface area contributed by atoms with E-state index in [1.165, 1.54) is 25.7 Å². The Morgan fingerprint density at radius 3 is 1.75 bits per heavy atom. The van der Waals surface area contributed by atoms with E-state index in [1.807, 2.05) is 0 Å². The first kappa shape index (κ1) is 12.5.